The maximum atomic E-state index is 13.8. The van der Waals surface area contributed by atoms with Crippen LogP contribution in [0.15, 0.2) is 47.4 Å². The Morgan fingerprint density at radius 3 is 2.15 bits per heavy atom. The second-order valence-electron chi connectivity index (χ2n) is 10.6. The second kappa shape index (κ2) is 12.4. The van der Waals surface area contributed by atoms with E-state index in [0.29, 0.717) is 5.69 Å². The highest BCUT2D eigenvalue weighted by Gasteiger charge is 2.53. The summed E-state index contributed by atoms with van der Waals surface area (Å²) in [5, 5.41) is 10.2. The van der Waals surface area contributed by atoms with Crippen molar-refractivity contribution in [3.05, 3.63) is 59.2 Å². The van der Waals surface area contributed by atoms with Crippen molar-refractivity contribution in [3.63, 3.8) is 0 Å². The number of aliphatic carboxylic acids is 1. The smallest absolute Gasteiger partial charge is 0.480 e. The molecule has 3 rings (SSSR count). The van der Waals surface area contributed by atoms with E-state index < -0.39 is 39.8 Å². The van der Waals surface area contributed by atoms with Crippen LogP contribution in [0.3, 0.4) is 0 Å². The molecule has 2 atom stereocenters. The average Bonchev–Trinajstić information content (AvgIpc) is 2.90. The minimum atomic E-state index is -5.38. The van der Waals surface area contributed by atoms with Gasteiger partial charge in [0, 0.05) is 19.6 Å². The molecular weight excluding hydrogens is 565 g/mol. The zero-order valence-corrected chi connectivity index (χ0v) is 24.4. The zero-order chi connectivity index (χ0) is 30.8. The Bertz CT molecular complexity index is 1360. The van der Waals surface area contributed by atoms with Crippen molar-refractivity contribution in [2.24, 2.45) is 5.92 Å². The molecule has 1 heterocycles. The number of ether oxygens (including phenoxy) is 2. The van der Waals surface area contributed by atoms with Gasteiger partial charge in [0.2, 0.25) is 0 Å². The lowest BCUT2D eigenvalue weighted by atomic mass is 9.86. The number of hydrogen-bond acceptors (Lipinski definition) is 7. The van der Waals surface area contributed by atoms with E-state index in [-0.39, 0.29) is 49.2 Å². The minimum absolute atomic E-state index is 0.0410. The summed E-state index contributed by atoms with van der Waals surface area (Å²) in [6, 6.07) is 10.1. The predicted octanol–water partition coefficient (Wildman–Crippen LogP) is 4.48. The summed E-state index contributed by atoms with van der Waals surface area (Å²) >= 11 is 0. The van der Waals surface area contributed by atoms with Crippen LogP contribution in [-0.2, 0) is 29.1 Å². The number of nitrogens with zero attached hydrogens (tertiary/aromatic N) is 2. The van der Waals surface area contributed by atoms with Gasteiger partial charge >= 0.3 is 18.1 Å². The maximum Gasteiger partial charge on any atom is 0.490 e. The molecule has 1 aliphatic heterocycles. The summed E-state index contributed by atoms with van der Waals surface area (Å²) in [6.07, 6.45) is -7.30. The Kier molecular flexibility index (Phi) is 9.77. The zero-order valence-electron chi connectivity index (χ0n) is 23.6. The molecule has 13 heteroatoms. The molecule has 226 valence electrons. The lowest BCUT2D eigenvalue weighted by Crippen LogP contribution is -2.60. The van der Waals surface area contributed by atoms with Gasteiger partial charge in [-0.05, 0) is 56.0 Å². The quantitative estimate of drug-likeness (QED) is 0.398. The molecule has 1 fully saturated rings. The number of halogens is 3. The molecule has 2 aromatic carbocycles. The van der Waals surface area contributed by atoms with E-state index in [1.807, 2.05) is 26.8 Å². The van der Waals surface area contributed by atoms with Crippen molar-refractivity contribution in [3.8, 4) is 0 Å². The van der Waals surface area contributed by atoms with Crippen molar-refractivity contribution in [1.82, 2.24) is 4.90 Å². The first-order valence-corrected chi connectivity index (χ1v) is 14.5. The number of alkyl halides is 3. The number of benzene rings is 2. The SMILES string of the molecule is Cc1ccc(N(CC(C)C)S(=O)(=O)c2ccc(C(OC(=O)C(F)(F)F)C(C)(C(=O)O)N3CCOCC3)cc2)c(C)c1. The second-order valence-corrected chi connectivity index (χ2v) is 12.5. The molecule has 0 bridgehead atoms. The number of carbonyl (C=O) groups is 2. The number of esters is 1. The topological polar surface area (TPSA) is 113 Å². The van der Waals surface area contributed by atoms with E-state index in [1.165, 1.54) is 40.4 Å². The van der Waals surface area contributed by atoms with E-state index in [1.54, 1.807) is 19.1 Å². The Morgan fingerprint density at radius 1 is 1.07 bits per heavy atom. The summed E-state index contributed by atoms with van der Waals surface area (Å²) in [7, 11) is -4.14. The lowest BCUT2D eigenvalue weighted by Gasteiger charge is -2.44. The van der Waals surface area contributed by atoms with Crippen LogP contribution in [0.2, 0.25) is 0 Å². The van der Waals surface area contributed by atoms with Gasteiger partial charge < -0.3 is 14.6 Å². The van der Waals surface area contributed by atoms with E-state index in [9.17, 15) is 36.3 Å². The summed E-state index contributed by atoms with van der Waals surface area (Å²) in [5.74, 6) is -4.12. The largest absolute Gasteiger partial charge is 0.490 e. The number of carboxylic acids is 1. The van der Waals surface area contributed by atoms with Gasteiger partial charge in [-0.3, -0.25) is 14.0 Å². The highest BCUT2D eigenvalue weighted by molar-refractivity contribution is 7.92. The van der Waals surface area contributed by atoms with Gasteiger partial charge in [0.1, 0.15) is 0 Å². The fraction of sp³-hybridized carbons (Fsp3) is 0.500. The summed E-state index contributed by atoms with van der Waals surface area (Å²) < 4.78 is 78.7. The minimum Gasteiger partial charge on any atom is -0.480 e. The predicted molar refractivity (Wildman–Crippen MR) is 145 cm³/mol. The number of carbonyl (C=O) groups excluding carboxylic acids is 1. The number of rotatable bonds is 10. The van der Waals surface area contributed by atoms with Crippen LogP contribution in [0, 0.1) is 19.8 Å². The van der Waals surface area contributed by atoms with E-state index in [2.05, 4.69) is 0 Å². The molecule has 1 N–H and O–H groups in total. The molecule has 0 radical (unpaired) electrons. The van der Waals surface area contributed by atoms with Crippen molar-refractivity contribution >= 4 is 27.6 Å². The van der Waals surface area contributed by atoms with E-state index in [4.69, 9.17) is 9.47 Å². The fourth-order valence-electron chi connectivity index (χ4n) is 4.81. The van der Waals surface area contributed by atoms with Gasteiger partial charge in [-0.2, -0.15) is 13.2 Å². The van der Waals surface area contributed by atoms with Crippen molar-refractivity contribution in [2.45, 2.75) is 57.3 Å². The monoisotopic (exact) mass is 600 g/mol. The van der Waals surface area contributed by atoms with Crippen molar-refractivity contribution in [1.29, 1.82) is 0 Å². The number of hydrogen-bond donors (Lipinski definition) is 1. The first kappa shape index (κ1) is 32.4. The third kappa shape index (κ3) is 7.02. The summed E-state index contributed by atoms with van der Waals surface area (Å²) in [4.78, 5) is 25.7. The van der Waals surface area contributed by atoms with Gasteiger partial charge in [-0.25, -0.2) is 13.2 Å². The molecular formula is C28H35F3N2O7S. The first-order valence-electron chi connectivity index (χ1n) is 13.0. The molecule has 9 nitrogen and oxygen atoms in total. The molecule has 1 aliphatic rings. The van der Waals surface area contributed by atoms with Gasteiger partial charge in [-0.1, -0.05) is 43.7 Å². The number of morpholine rings is 1. The third-order valence-corrected chi connectivity index (χ3v) is 8.78. The van der Waals surface area contributed by atoms with Gasteiger partial charge in [0.25, 0.3) is 10.0 Å². The van der Waals surface area contributed by atoms with Crippen molar-refractivity contribution < 1.29 is 45.8 Å². The van der Waals surface area contributed by atoms with E-state index >= 15 is 0 Å². The van der Waals surface area contributed by atoms with Crippen LogP contribution in [0.25, 0.3) is 0 Å². The van der Waals surface area contributed by atoms with Crippen LogP contribution in [0.1, 0.15) is 43.6 Å². The van der Waals surface area contributed by atoms with Crippen LogP contribution in [0.4, 0.5) is 18.9 Å². The number of anilines is 1. The third-order valence-electron chi connectivity index (χ3n) is 6.99. The molecule has 2 aromatic rings. The average molecular weight is 601 g/mol. The summed E-state index contributed by atoms with van der Waals surface area (Å²) in [5.41, 5.74) is -0.0456. The van der Waals surface area contributed by atoms with Crippen LogP contribution in [0.5, 0.6) is 0 Å². The van der Waals surface area contributed by atoms with Crippen LogP contribution in [-0.4, -0.2) is 74.9 Å². The summed E-state index contributed by atoms with van der Waals surface area (Å²) in [6.45, 7) is 9.14. The van der Waals surface area contributed by atoms with Gasteiger partial charge in [-0.15, -0.1) is 0 Å². The molecule has 0 aliphatic carbocycles. The Morgan fingerprint density at radius 2 is 1.66 bits per heavy atom. The van der Waals surface area contributed by atoms with Crippen LogP contribution >= 0.6 is 0 Å². The van der Waals surface area contributed by atoms with E-state index in [0.717, 1.165) is 11.1 Å². The number of carboxylic acid groups (broad SMARTS) is 1. The highest BCUT2D eigenvalue weighted by atomic mass is 32.2. The molecule has 0 spiro atoms. The Hall–Kier alpha value is -3.16. The molecule has 0 saturated carbocycles. The number of aryl methyl sites for hydroxylation is 2. The standard InChI is InChI=1S/C28H35F3N2O7S/c1-18(2)17-33(23-11-6-19(3)16-20(23)4)41(37,38)22-9-7-21(8-10-22)24(40-26(36)28(29,30)31)27(5,25(34)35)32-12-14-39-15-13-32/h6-11,16,18,24H,12-15,17H2,1-5H3,(H,34,35). The number of sulfonamides is 1. The normalized spacial score (nSPS) is 17.1. The van der Waals surface area contributed by atoms with Gasteiger partial charge in [0.05, 0.1) is 23.8 Å². The van der Waals surface area contributed by atoms with Gasteiger partial charge in [0.15, 0.2) is 11.6 Å². The molecule has 2 unspecified atom stereocenters. The molecule has 0 amide bonds. The Labute approximate surface area is 237 Å². The Balaban J connectivity index is 2.09. The fourth-order valence-corrected chi connectivity index (χ4v) is 6.50. The lowest BCUT2D eigenvalue weighted by molar-refractivity contribution is -0.215. The van der Waals surface area contributed by atoms with Crippen LogP contribution < -0.4 is 4.31 Å². The molecule has 0 aromatic heterocycles. The van der Waals surface area contributed by atoms with Crippen molar-refractivity contribution in [2.75, 3.05) is 37.2 Å². The first-order chi connectivity index (χ1) is 19.0. The molecule has 1 saturated heterocycles. The maximum absolute atomic E-state index is 13.8. The highest BCUT2D eigenvalue weighted by Crippen LogP contribution is 2.38. The molecule has 41 heavy (non-hydrogen) atoms.